The van der Waals surface area contributed by atoms with Gasteiger partial charge in [-0.05, 0) is 39.0 Å². The van der Waals surface area contributed by atoms with Gasteiger partial charge in [0, 0.05) is 26.3 Å². The van der Waals surface area contributed by atoms with Gasteiger partial charge in [0.1, 0.15) is 0 Å². The topological polar surface area (TPSA) is 42.5 Å². The molecule has 0 amide bonds. The summed E-state index contributed by atoms with van der Waals surface area (Å²) in [5, 5.41) is 6.83. The average molecular weight is 262 g/mol. The second-order valence-corrected chi connectivity index (χ2v) is 7.96. The van der Waals surface area contributed by atoms with Crippen molar-refractivity contribution in [3.8, 4) is 0 Å². The van der Waals surface area contributed by atoms with Crippen molar-refractivity contribution in [3.05, 3.63) is 0 Å². The van der Waals surface area contributed by atoms with Crippen molar-refractivity contribution in [2.75, 3.05) is 40.4 Å². The minimum Gasteiger partial charge on any atom is -0.398 e. The normalized spacial score (nSPS) is 12.0. The Labute approximate surface area is 108 Å². The van der Waals surface area contributed by atoms with Crippen LogP contribution in [0.3, 0.4) is 0 Å². The van der Waals surface area contributed by atoms with Crippen molar-refractivity contribution in [1.82, 2.24) is 10.6 Å². The third-order valence-corrected chi connectivity index (χ3v) is 6.47. The van der Waals surface area contributed by atoms with E-state index in [-0.39, 0.29) is 0 Å². The lowest BCUT2D eigenvalue weighted by Gasteiger charge is -2.27. The number of hydrogen-bond acceptors (Lipinski definition) is 4. The van der Waals surface area contributed by atoms with E-state index in [1.54, 1.807) is 14.2 Å². The Balaban J connectivity index is 3.88. The van der Waals surface area contributed by atoms with Crippen molar-refractivity contribution >= 4 is 8.56 Å². The molecule has 5 heteroatoms. The first-order valence-electron chi connectivity index (χ1n) is 6.76. The highest BCUT2D eigenvalue weighted by molar-refractivity contribution is 6.67. The molecule has 0 aromatic carbocycles. The molecular weight excluding hydrogens is 232 g/mol. The maximum Gasteiger partial charge on any atom is 0.340 e. The van der Waals surface area contributed by atoms with Gasteiger partial charge in [0.2, 0.25) is 0 Å². The molecule has 104 valence electrons. The Morgan fingerprint density at radius 2 is 1.18 bits per heavy atom. The average Bonchev–Trinajstić information content (AvgIpc) is 2.37. The van der Waals surface area contributed by atoms with E-state index in [4.69, 9.17) is 8.85 Å². The first-order chi connectivity index (χ1) is 8.24. The molecule has 0 aromatic heterocycles. The van der Waals surface area contributed by atoms with Gasteiger partial charge in [-0.25, -0.2) is 0 Å². The summed E-state index contributed by atoms with van der Waals surface area (Å²) in [5.74, 6) is 0. The molecule has 0 spiro atoms. The fourth-order valence-corrected chi connectivity index (χ4v) is 4.13. The standard InChI is InChI=1S/C12H30N2O2Si/c1-5-7-13-9-11-17(15-3,16-4)12-10-14-8-6-2/h13-14H,5-12H2,1-4H3. The van der Waals surface area contributed by atoms with Crippen LogP contribution < -0.4 is 10.6 Å². The van der Waals surface area contributed by atoms with E-state index in [9.17, 15) is 0 Å². The molecule has 4 nitrogen and oxygen atoms in total. The van der Waals surface area contributed by atoms with Crippen LogP contribution in [-0.2, 0) is 8.85 Å². The van der Waals surface area contributed by atoms with Gasteiger partial charge in [0.15, 0.2) is 0 Å². The molecule has 0 fully saturated rings. The Morgan fingerprint density at radius 1 is 0.765 bits per heavy atom. The highest BCUT2D eigenvalue weighted by Gasteiger charge is 2.34. The molecule has 0 rings (SSSR count). The van der Waals surface area contributed by atoms with Gasteiger partial charge in [-0.3, -0.25) is 0 Å². The molecule has 0 heterocycles. The molecule has 0 radical (unpaired) electrons. The molecule has 0 aliphatic heterocycles. The highest BCUT2D eigenvalue weighted by Crippen LogP contribution is 2.16. The van der Waals surface area contributed by atoms with E-state index >= 15 is 0 Å². The van der Waals surface area contributed by atoms with Crippen LogP contribution in [0, 0.1) is 0 Å². The van der Waals surface area contributed by atoms with Crippen LogP contribution in [0.2, 0.25) is 12.1 Å². The van der Waals surface area contributed by atoms with Crippen molar-refractivity contribution in [3.63, 3.8) is 0 Å². The molecule has 0 unspecified atom stereocenters. The Morgan fingerprint density at radius 3 is 1.47 bits per heavy atom. The molecule has 0 saturated carbocycles. The summed E-state index contributed by atoms with van der Waals surface area (Å²) < 4.78 is 11.4. The smallest absolute Gasteiger partial charge is 0.340 e. The van der Waals surface area contributed by atoms with E-state index in [1.165, 1.54) is 12.8 Å². The van der Waals surface area contributed by atoms with Crippen LogP contribution in [-0.4, -0.2) is 49.0 Å². The van der Waals surface area contributed by atoms with E-state index < -0.39 is 8.56 Å². The maximum absolute atomic E-state index is 5.68. The van der Waals surface area contributed by atoms with Crippen LogP contribution in [0.25, 0.3) is 0 Å². The lowest BCUT2D eigenvalue weighted by atomic mass is 10.5. The first-order valence-corrected chi connectivity index (χ1v) is 8.99. The maximum atomic E-state index is 5.68. The zero-order valence-corrected chi connectivity index (χ0v) is 13.0. The summed E-state index contributed by atoms with van der Waals surface area (Å²) in [6.45, 7) is 8.50. The van der Waals surface area contributed by atoms with Gasteiger partial charge in [-0.15, -0.1) is 0 Å². The highest BCUT2D eigenvalue weighted by atomic mass is 28.4. The van der Waals surface area contributed by atoms with Crippen LogP contribution in [0.15, 0.2) is 0 Å². The monoisotopic (exact) mass is 262 g/mol. The molecule has 0 aromatic rings. The lowest BCUT2D eigenvalue weighted by Crippen LogP contribution is -2.44. The minimum atomic E-state index is -1.97. The molecular formula is C12H30N2O2Si. The van der Waals surface area contributed by atoms with E-state index in [0.29, 0.717) is 0 Å². The van der Waals surface area contributed by atoms with E-state index in [1.807, 2.05) is 0 Å². The summed E-state index contributed by atoms with van der Waals surface area (Å²) in [7, 11) is 1.61. The van der Waals surface area contributed by atoms with Crippen LogP contribution in [0.5, 0.6) is 0 Å². The van der Waals surface area contributed by atoms with Crippen molar-refractivity contribution in [2.45, 2.75) is 38.8 Å². The van der Waals surface area contributed by atoms with Crippen LogP contribution in [0.1, 0.15) is 26.7 Å². The fraction of sp³-hybridized carbons (Fsp3) is 1.00. The molecule has 0 bridgehead atoms. The van der Waals surface area contributed by atoms with E-state index in [2.05, 4.69) is 24.5 Å². The molecule has 2 N–H and O–H groups in total. The van der Waals surface area contributed by atoms with Crippen LogP contribution in [0.4, 0.5) is 0 Å². The Kier molecular flexibility index (Phi) is 11.2. The van der Waals surface area contributed by atoms with Gasteiger partial charge < -0.3 is 19.5 Å². The Bertz CT molecular complexity index is 153. The zero-order valence-electron chi connectivity index (χ0n) is 12.0. The third kappa shape index (κ3) is 7.89. The number of nitrogens with one attached hydrogen (secondary N) is 2. The second-order valence-electron chi connectivity index (χ2n) is 4.32. The largest absolute Gasteiger partial charge is 0.398 e. The summed E-state index contributed by atoms with van der Waals surface area (Å²) in [6.07, 6.45) is 2.35. The summed E-state index contributed by atoms with van der Waals surface area (Å²) >= 11 is 0. The van der Waals surface area contributed by atoms with E-state index in [0.717, 1.165) is 38.3 Å². The van der Waals surface area contributed by atoms with Gasteiger partial charge in [-0.2, -0.15) is 0 Å². The molecule has 0 saturated heterocycles. The summed E-state index contributed by atoms with van der Waals surface area (Å²) in [5.41, 5.74) is 0. The predicted molar refractivity (Wildman–Crippen MR) is 75.7 cm³/mol. The van der Waals surface area contributed by atoms with Gasteiger partial charge in [0.05, 0.1) is 0 Å². The Hall–Kier alpha value is 0.0569. The summed E-state index contributed by atoms with van der Waals surface area (Å²) in [4.78, 5) is 0. The van der Waals surface area contributed by atoms with Crippen molar-refractivity contribution in [2.24, 2.45) is 0 Å². The predicted octanol–water partition coefficient (Wildman–Crippen LogP) is 1.72. The summed E-state index contributed by atoms with van der Waals surface area (Å²) in [6, 6.07) is 2.04. The van der Waals surface area contributed by atoms with Crippen LogP contribution >= 0.6 is 0 Å². The quantitative estimate of drug-likeness (QED) is 0.415. The minimum absolute atomic E-state index is 0.996. The molecule has 0 aliphatic rings. The van der Waals surface area contributed by atoms with Crippen molar-refractivity contribution in [1.29, 1.82) is 0 Å². The fourth-order valence-electron chi connectivity index (χ4n) is 1.78. The second kappa shape index (κ2) is 11.2. The lowest BCUT2D eigenvalue weighted by molar-refractivity contribution is 0.240. The number of hydrogen-bond donors (Lipinski definition) is 2. The first kappa shape index (κ1) is 17.1. The van der Waals surface area contributed by atoms with Gasteiger partial charge >= 0.3 is 8.56 Å². The molecule has 0 aliphatic carbocycles. The van der Waals surface area contributed by atoms with Gasteiger partial charge in [0.25, 0.3) is 0 Å². The van der Waals surface area contributed by atoms with Crippen molar-refractivity contribution < 1.29 is 8.85 Å². The SMILES string of the molecule is CCCNCC[Si](CCNCCC)(OC)OC. The third-order valence-electron chi connectivity index (χ3n) is 2.96. The zero-order chi connectivity index (χ0) is 13.0. The molecule has 0 atom stereocenters. The number of rotatable bonds is 12. The van der Waals surface area contributed by atoms with Gasteiger partial charge in [-0.1, -0.05) is 13.8 Å². The molecule has 17 heavy (non-hydrogen) atoms.